The summed E-state index contributed by atoms with van der Waals surface area (Å²) in [4.78, 5) is 0. The zero-order valence-electron chi connectivity index (χ0n) is 26.4. The largest absolute Gasteiger partial charge is 1.00 e. The summed E-state index contributed by atoms with van der Waals surface area (Å²) < 4.78 is 2.26. The number of hydrogen-bond donors (Lipinski definition) is 0. The van der Waals surface area contributed by atoms with Gasteiger partial charge in [-0.25, -0.2) is 0 Å². The van der Waals surface area contributed by atoms with Crippen molar-refractivity contribution in [2.75, 3.05) is 0 Å². The third-order valence-electron chi connectivity index (χ3n) is 9.68. The van der Waals surface area contributed by atoms with Gasteiger partial charge in [0.25, 0.3) is 0 Å². The first-order valence-corrected chi connectivity index (χ1v) is 26.0. The van der Waals surface area contributed by atoms with Gasteiger partial charge < -0.3 is 24.8 Å². The molecule has 2 aliphatic carbocycles. The molecule has 0 nitrogen and oxygen atoms in total. The van der Waals surface area contributed by atoms with Gasteiger partial charge in [-0.15, -0.1) is 0 Å². The Morgan fingerprint density at radius 3 is 1.31 bits per heavy atom. The molecular weight excluding hydrogens is 683 g/mol. The fourth-order valence-electron chi connectivity index (χ4n) is 8.15. The van der Waals surface area contributed by atoms with E-state index in [-0.39, 0.29) is 24.8 Å². The first kappa shape index (κ1) is 33.6. The quantitative estimate of drug-likeness (QED) is 0.231. The molecule has 7 rings (SSSR count). The summed E-state index contributed by atoms with van der Waals surface area (Å²) in [6.45, 7) is 11.9. The third kappa shape index (κ3) is 6.08. The Morgan fingerprint density at radius 2 is 0.911 bits per heavy atom. The van der Waals surface area contributed by atoms with Gasteiger partial charge in [-0.1, -0.05) is 0 Å². The van der Waals surface area contributed by atoms with Crippen molar-refractivity contribution >= 4 is 19.0 Å². The first-order chi connectivity index (χ1) is 20.8. The molecule has 45 heavy (non-hydrogen) atoms. The molecule has 0 bridgehead atoms. The number of halogens is 2. The van der Waals surface area contributed by atoms with E-state index >= 15 is 0 Å². The molecule has 5 aromatic carbocycles. The van der Waals surface area contributed by atoms with E-state index in [9.17, 15) is 0 Å². The van der Waals surface area contributed by atoms with E-state index in [1.807, 2.05) is 0 Å². The second-order valence-corrected chi connectivity index (χ2v) is 30.5. The smallest absolute Gasteiger partial charge is 1.00 e. The Labute approximate surface area is 287 Å². The van der Waals surface area contributed by atoms with Crippen LogP contribution in [-0.4, -0.2) is 6.88 Å². The average Bonchev–Trinajstić information content (AvgIpc) is 3.53. The number of hydrogen-bond acceptors (Lipinski definition) is 0. The van der Waals surface area contributed by atoms with Gasteiger partial charge in [-0.3, -0.25) is 0 Å². The molecule has 0 heterocycles. The molecule has 225 valence electrons. The molecule has 0 saturated heterocycles. The van der Waals surface area contributed by atoms with Gasteiger partial charge in [0.15, 0.2) is 0 Å². The van der Waals surface area contributed by atoms with Crippen molar-refractivity contribution in [2.45, 2.75) is 39.1 Å². The van der Waals surface area contributed by atoms with Crippen molar-refractivity contribution in [2.24, 2.45) is 0 Å². The van der Waals surface area contributed by atoms with Crippen LogP contribution in [0.4, 0.5) is 0 Å². The topological polar surface area (TPSA) is 0 Å². The van der Waals surface area contributed by atoms with Crippen LogP contribution in [0.1, 0.15) is 60.0 Å². The maximum Gasteiger partial charge on any atom is -1.00 e. The number of aryl methyl sites for hydroxylation is 2. The normalized spacial score (nSPS) is 16.9. The summed E-state index contributed by atoms with van der Waals surface area (Å²) in [5.74, 6) is 0. The first-order valence-electron chi connectivity index (χ1n) is 15.5. The van der Waals surface area contributed by atoms with Gasteiger partial charge in [0.2, 0.25) is 0 Å². The summed E-state index contributed by atoms with van der Waals surface area (Å²) in [5.41, 5.74) is 18.8. The monoisotopic (exact) mass is 719 g/mol. The van der Waals surface area contributed by atoms with E-state index in [0.29, 0.717) is 7.25 Å². The van der Waals surface area contributed by atoms with Crippen LogP contribution in [0, 0.1) is 13.8 Å². The van der Waals surface area contributed by atoms with Crippen molar-refractivity contribution < 1.29 is 43.7 Å². The van der Waals surface area contributed by atoms with Gasteiger partial charge in [-0.2, -0.15) is 0 Å². The summed E-state index contributed by atoms with van der Waals surface area (Å²) in [6, 6.07) is 43.3. The molecule has 0 amide bonds. The van der Waals surface area contributed by atoms with Gasteiger partial charge in [-0.05, 0) is 0 Å². The van der Waals surface area contributed by atoms with Crippen molar-refractivity contribution in [3.8, 4) is 22.3 Å². The second-order valence-electron chi connectivity index (χ2n) is 12.9. The standard InChI is InChI=1S/2C17H15.C7H7.2ClH.H2Si.Zr/c2*1-12-8-15-9-13(2)11-17(15)16(10-12)14-6-4-3-5-7-14;1-7-5-3-2-4-6-7;;;;/h2*3-11H,1-2H3;2-6H,1H2;2*1H;1H2;/q;;;;;;+2/p-2. The molecule has 0 radical (unpaired) electrons. The van der Waals surface area contributed by atoms with Crippen LogP contribution in [-0.2, 0) is 23.0 Å². The van der Waals surface area contributed by atoms with Gasteiger partial charge in [0.1, 0.15) is 0 Å². The van der Waals surface area contributed by atoms with Crippen LogP contribution in [0.25, 0.3) is 34.4 Å². The Hall–Kier alpha value is -2.74. The van der Waals surface area contributed by atoms with Crippen LogP contribution in [0.3, 0.4) is 0 Å². The summed E-state index contributed by atoms with van der Waals surface area (Å²) >= 11 is -3.23. The van der Waals surface area contributed by atoms with Crippen LogP contribution in [0.15, 0.2) is 126 Å². The number of rotatable bonds is 6. The molecule has 2 atom stereocenters. The Morgan fingerprint density at radius 1 is 0.533 bits per heavy atom. The summed E-state index contributed by atoms with van der Waals surface area (Å²) in [5, 5.41) is 0. The fourth-order valence-corrected chi connectivity index (χ4v) is 29.6. The zero-order chi connectivity index (χ0) is 29.7. The molecule has 4 heteroatoms. The minimum absolute atomic E-state index is 0. The fraction of sp³-hybridized carbons (Fsp3) is 0.171. The van der Waals surface area contributed by atoms with Crippen molar-refractivity contribution in [3.05, 3.63) is 165 Å². The second kappa shape index (κ2) is 13.5. The van der Waals surface area contributed by atoms with Crippen molar-refractivity contribution in [1.82, 2.24) is 0 Å². The SMILES string of the molecule is CC1=Cc2c(-c3ccccc3)cc(C)cc2[CH]1[Zr+2](=[SiH2])([CH2]c1ccccc1)[CH]1C(C)=Cc2c(-c3ccccc3)cc(C)cc21.[Cl-].[Cl-]. The number of benzene rings is 5. The number of fused-ring (bicyclic) bond motifs is 2. The molecule has 0 spiro atoms. The van der Waals surface area contributed by atoms with Crippen LogP contribution in [0.5, 0.6) is 0 Å². The Balaban J connectivity index is 0.00000200. The predicted octanol–water partition coefficient (Wildman–Crippen LogP) is 4.16. The molecule has 0 N–H and O–H groups in total. The van der Waals surface area contributed by atoms with E-state index in [1.54, 1.807) is 22.3 Å². The molecule has 5 aromatic rings. The van der Waals surface area contributed by atoms with Gasteiger partial charge in [0, 0.05) is 0 Å². The van der Waals surface area contributed by atoms with E-state index in [4.69, 9.17) is 0 Å². The van der Waals surface area contributed by atoms with Gasteiger partial charge >= 0.3 is 265 Å². The minimum atomic E-state index is -3.23. The summed E-state index contributed by atoms with van der Waals surface area (Å²) in [6.07, 6.45) is 5.10. The zero-order valence-corrected chi connectivity index (χ0v) is 31.8. The van der Waals surface area contributed by atoms with Crippen molar-refractivity contribution in [3.63, 3.8) is 0 Å². The van der Waals surface area contributed by atoms with Crippen LogP contribution < -0.4 is 24.8 Å². The van der Waals surface area contributed by atoms with E-state index < -0.39 is 18.9 Å². The maximum atomic E-state index is 2.55. The molecule has 0 aliphatic heterocycles. The van der Waals surface area contributed by atoms with Crippen LogP contribution >= 0.6 is 0 Å². The molecule has 2 aliphatic rings. The van der Waals surface area contributed by atoms with Crippen LogP contribution in [0.2, 0.25) is 0 Å². The average molecular weight is 722 g/mol. The minimum Gasteiger partial charge on any atom is -1.00 e. The Kier molecular flexibility index (Phi) is 10.1. The molecule has 0 aromatic heterocycles. The molecular formula is C41H39Cl2SiZr. The molecule has 0 saturated carbocycles. The maximum absolute atomic E-state index is 3.23. The van der Waals surface area contributed by atoms with E-state index in [2.05, 4.69) is 162 Å². The Bertz CT molecular complexity index is 1840. The molecule has 0 fully saturated rings. The number of allylic oxidation sites excluding steroid dienone is 2. The summed E-state index contributed by atoms with van der Waals surface area (Å²) in [7, 11) is 0. The van der Waals surface area contributed by atoms with E-state index in [1.165, 1.54) is 54.2 Å². The third-order valence-corrected chi connectivity index (χ3v) is 28.0. The van der Waals surface area contributed by atoms with Crippen molar-refractivity contribution in [1.29, 1.82) is 0 Å². The molecule has 2 unspecified atom stereocenters. The predicted molar refractivity (Wildman–Crippen MR) is 185 cm³/mol. The van der Waals surface area contributed by atoms with E-state index in [0.717, 1.165) is 0 Å². The van der Waals surface area contributed by atoms with Gasteiger partial charge in [0.05, 0.1) is 0 Å².